The molecule has 0 amide bonds. The van der Waals surface area contributed by atoms with Crippen molar-refractivity contribution >= 4 is 44.0 Å². The van der Waals surface area contributed by atoms with Crippen LogP contribution in [0, 0.1) is 25.2 Å². The predicted octanol–water partition coefficient (Wildman–Crippen LogP) is 4.14. The minimum atomic E-state index is -0.224. The number of nitrogens with zero attached hydrogens (tertiary/aromatic N) is 5. The highest BCUT2D eigenvalue weighted by Gasteiger charge is 2.13. The first kappa shape index (κ1) is 18.1. The summed E-state index contributed by atoms with van der Waals surface area (Å²) >= 11 is 3.40. The quantitative estimate of drug-likeness (QED) is 0.455. The monoisotopic (exact) mass is 433 g/mol. The molecule has 0 fully saturated rings. The summed E-state index contributed by atoms with van der Waals surface area (Å²) in [6.07, 6.45) is 1.67. The van der Waals surface area contributed by atoms with E-state index in [0.29, 0.717) is 16.7 Å². The van der Waals surface area contributed by atoms with Crippen molar-refractivity contribution in [3.63, 3.8) is 0 Å². The summed E-state index contributed by atoms with van der Waals surface area (Å²) in [5, 5.41) is 15.1. The van der Waals surface area contributed by atoms with Gasteiger partial charge in [-0.05, 0) is 38.1 Å². The normalized spacial score (nSPS) is 11.5. The number of nitriles is 1. The van der Waals surface area contributed by atoms with Crippen LogP contribution >= 0.6 is 15.9 Å². The number of aromatic nitrogens is 3. The maximum absolute atomic E-state index is 12.9. The molecule has 6 nitrogen and oxygen atoms in total. The van der Waals surface area contributed by atoms with Crippen LogP contribution in [0.15, 0.2) is 56.8 Å². The van der Waals surface area contributed by atoms with E-state index in [2.05, 4.69) is 32.1 Å². The lowest BCUT2D eigenvalue weighted by molar-refractivity contribution is 0.770. The Labute approximate surface area is 169 Å². The molecule has 0 radical (unpaired) electrons. The smallest absolute Gasteiger partial charge is 0.282 e. The second kappa shape index (κ2) is 7.06. The molecule has 138 valence electrons. The van der Waals surface area contributed by atoms with Crippen LogP contribution in [0.1, 0.15) is 17.1 Å². The molecule has 0 aliphatic heterocycles. The molecule has 0 bridgehead atoms. The van der Waals surface area contributed by atoms with Gasteiger partial charge in [-0.15, -0.1) is 0 Å². The molecule has 0 N–H and O–H groups in total. The lowest BCUT2D eigenvalue weighted by Gasteiger charge is -2.06. The third-order valence-corrected chi connectivity index (χ3v) is 5.27. The van der Waals surface area contributed by atoms with E-state index >= 15 is 0 Å². The summed E-state index contributed by atoms with van der Waals surface area (Å²) in [6.45, 7) is 3.96. The van der Waals surface area contributed by atoms with Crippen LogP contribution in [-0.2, 0) is 6.54 Å². The van der Waals surface area contributed by atoms with Gasteiger partial charge in [-0.1, -0.05) is 34.1 Å². The van der Waals surface area contributed by atoms with E-state index < -0.39 is 0 Å². The first-order valence-electron chi connectivity index (χ1n) is 8.69. The molecular weight excluding hydrogens is 418 g/mol. The minimum Gasteiger partial charge on any atom is -0.330 e. The average Bonchev–Trinajstić information content (AvgIpc) is 2.95. The SMILES string of the molecule is Cc1nc2ccc(Br)cc2c(=O)n1N=Cc1c(C)n(CC#N)c2ccccc12. The third kappa shape index (κ3) is 2.92. The molecule has 4 aromatic rings. The highest BCUT2D eigenvalue weighted by Crippen LogP contribution is 2.24. The molecule has 0 saturated heterocycles. The first-order valence-corrected chi connectivity index (χ1v) is 9.48. The molecule has 0 spiro atoms. The molecular formula is C21H16BrN5O. The van der Waals surface area contributed by atoms with Crippen molar-refractivity contribution in [2.45, 2.75) is 20.4 Å². The molecule has 4 rings (SSSR count). The fourth-order valence-corrected chi connectivity index (χ4v) is 3.77. The third-order valence-electron chi connectivity index (χ3n) is 4.78. The van der Waals surface area contributed by atoms with Gasteiger partial charge in [0, 0.05) is 26.6 Å². The molecule has 28 heavy (non-hydrogen) atoms. The van der Waals surface area contributed by atoms with E-state index in [1.807, 2.05) is 47.9 Å². The molecule has 0 aliphatic rings. The van der Waals surface area contributed by atoms with Gasteiger partial charge in [0.05, 0.1) is 23.2 Å². The largest absolute Gasteiger partial charge is 0.330 e. The number of benzene rings is 2. The molecule has 2 heterocycles. The van der Waals surface area contributed by atoms with E-state index in [1.165, 1.54) is 4.68 Å². The number of hydrogen-bond acceptors (Lipinski definition) is 4. The summed E-state index contributed by atoms with van der Waals surface area (Å²) < 4.78 is 4.07. The van der Waals surface area contributed by atoms with E-state index in [-0.39, 0.29) is 12.1 Å². The summed E-state index contributed by atoms with van der Waals surface area (Å²) in [6, 6.07) is 15.5. The number of para-hydroxylation sites is 1. The lowest BCUT2D eigenvalue weighted by atomic mass is 10.1. The zero-order valence-electron chi connectivity index (χ0n) is 15.3. The highest BCUT2D eigenvalue weighted by atomic mass is 79.9. The number of halogens is 1. The Morgan fingerprint density at radius 1 is 1.21 bits per heavy atom. The van der Waals surface area contributed by atoms with Gasteiger partial charge in [-0.2, -0.15) is 15.0 Å². The number of hydrogen-bond donors (Lipinski definition) is 0. The first-order chi connectivity index (χ1) is 13.5. The number of rotatable bonds is 3. The van der Waals surface area contributed by atoms with Gasteiger partial charge in [0.15, 0.2) is 0 Å². The fourth-order valence-electron chi connectivity index (χ4n) is 3.41. The van der Waals surface area contributed by atoms with Crippen molar-refractivity contribution < 1.29 is 0 Å². The zero-order chi connectivity index (χ0) is 19.8. The molecule has 2 aromatic heterocycles. The topological polar surface area (TPSA) is 76.0 Å². The molecule has 0 aliphatic carbocycles. The van der Waals surface area contributed by atoms with Gasteiger partial charge in [0.2, 0.25) is 0 Å². The van der Waals surface area contributed by atoms with Gasteiger partial charge < -0.3 is 4.57 Å². The van der Waals surface area contributed by atoms with E-state index in [9.17, 15) is 4.79 Å². The van der Waals surface area contributed by atoms with Crippen LogP contribution in [0.5, 0.6) is 0 Å². The molecule has 0 saturated carbocycles. The summed E-state index contributed by atoms with van der Waals surface area (Å²) in [5.74, 6) is 0.509. The van der Waals surface area contributed by atoms with Gasteiger partial charge in [0.1, 0.15) is 12.4 Å². The van der Waals surface area contributed by atoms with Crippen LogP contribution in [0.4, 0.5) is 0 Å². The van der Waals surface area contributed by atoms with Crippen LogP contribution in [-0.4, -0.2) is 20.4 Å². The average molecular weight is 434 g/mol. The Morgan fingerprint density at radius 3 is 2.79 bits per heavy atom. The van der Waals surface area contributed by atoms with Crippen molar-refractivity contribution in [2.24, 2.45) is 5.10 Å². The predicted molar refractivity (Wildman–Crippen MR) is 114 cm³/mol. The summed E-state index contributed by atoms with van der Waals surface area (Å²) in [5.41, 5.74) is 3.19. The molecule has 2 aromatic carbocycles. The van der Waals surface area contributed by atoms with Crippen molar-refractivity contribution in [2.75, 3.05) is 0 Å². The van der Waals surface area contributed by atoms with E-state index in [4.69, 9.17) is 5.26 Å². The maximum Gasteiger partial charge on any atom is 0.282 e. The fraction of sp³-hybridized carbons (Fsp3) is 0.143. The van der Waals surface area contributed by atoms with Crippen LogP contribution in [0.2, 0.25) is 0 Å². The van der Waals surface area contributed by atoms with Crippen LogP contribution < -0.4 is 5.56 Å². The van der Waals surface area contributed by atoms with Gasteiger partial charge in [0.25, 0.3) is 5.56 Å². The van der Waals surface area contributed by atoms with E-state index in [0.717, 1.165) is 26.6 Å². The lowest BCUT2D eigenvalue weighted by Crippen LogP contribution is -2.20. The second-order valence-corrected chi connectivity index (χ2v) is 7.36. The molecule has 7 heteroatoms. The van der Waals surface area contributed by atoms with E-state index in [1.54, 1.807) is 19.2 Å². The molecule has 0 unspecified atom stereocenters. The number of fused-ring (bicyclic) bond motifs is 2. The van der Waals surface area contributed by atoms with Crippen LogP contribution in [0.3, 0.4) is 0 Å². The Morgan fingerprint density at radius 2 is 2.00 bits per heavy atom. The summed E-state index contributed by atoms with van der Waals surface area (Å²) in [7, 11) is 0. The number of aryl methyl sites for hydroxylation is 1. The Balaban J connectivity index is 1.90. The standard InChI is InChI=1S/C21H16BrN5O/c1-13-18(16-5-3-4-6-20(16)26(13)10-9-23)12-24-27-14(2)25-19-8-7-15(22)11-17(19)21(27)28/h3-8,11-12H,10H2,1-2H3. The Kier molecular flexibility index (Phi) is 4.57. The second-order valence-electron chi connectivity index (χ2n) is 6.44. The van der Waals surface area contributed by atoms with Crippen LogP contribution in [0.25, 0.3) is 21.8 Å². The van der Waals surface area contributed by atoms with Crippen molar-refractivity contribution in [3.8, 4) is 6.07 Å². The Bertz CT molecular complexity index is 1360. The zero-order valence-corrected chi connectivity index (χ0v) is 16.9. The minimum absolute atomic E-state index is 0.224. The van der Waals surface area contributed by atoms with Gasteiger partial charge >= 0.3 is 0 Å². The highest BCUT2D eigenvalue weighted by molar-refractivity contribution is 9.10. The summed E-state index contributed by atoms with van der Waals surface area (Å²) in [4.78, 5) is 17.4. The van der Waals surface area contributed by atoms with Gasteiger partial charge in [-0.3, -0.25) is 4.79 Å². The Hall–Kier alpha value is -3.24. The van der Waals surface area contributed by atoms with Crippen molar-refractivity contribution in [1.82, 2.24) is 14.2 Å². The maximum atomic E-state index is 12.9. The van der Waals surface area contributed by atoms with Crippen molar-refractivity contribution in [1.29, 1.82) is 5.26 Å². The van der Waals surface area contributed by atoms with Crippen molar-refractivity contribution in [3.05, 3.63) is 74.4 Å². The van der Waals surface area contributed by atoms with Gasteiger partial charge in [-0.25, -0.2) is 4.98 Å². The molecule has 0 atom stereocenters.